The summed E-state index contributed by atoms with van der Waals surface area (Å²) in [6.07, 6.45) is 11.4. The number of ether oxygens (including phenoxy) is 2. The third kappa shape index (κ3) is 6.73. The number of hydrogen-bond acceptors (Lipinski definition) is 3. The van der Waals surface area contributed by atoms with E-state index in [1.807, 2.05) is 20.8 Å². The van der Waals surface area contributed by atoms with Crippen LogP contribution in [0.3, 0.4) is 0 Å². The second-order valence-corrected chi connectivity index (χ2v) is 10.5. The minimum absolute atomic E-state index is 0.145. The van der Waals surface area contributed by atoms with Crippen LogP contribution in [0.25, 0.3) is 0 Å². The van der Waals surface area contributed by atoms with Crippen LogP contribution in [0.4, 0.5) is 0 Å². The maximum absolute atomic E-state index is 11.2. The van der Waals surface area contributed by atoms with Gasteiger partial charge in [-0.05, 0) is 70.1 Å². The van der Waals surface area contributed by atoms with Crippen molar-refractivity contribution in [2.75, 3.05) is 6.35 Å². The molecular formula is C23H39O5P. The van der Waals surface area contributed by atoms with E-state index >= 15 is 0 Å². The summed E-state index contributed by atoms with van der Waals surface area (Å²) in [5.41, 5.74) is 3.82. The highest BCUT2D eigenvalue weighted by atomic mass is 31.2. The highest BCUT2D eigenvalue weighted by Gasteiger charge is 2.34. The van der Waals surface area contributed by atoms with Gasteiger partial charge in [-0.1, -0.05) is 45.4 Å². The number of hydrogen-bond donors (Lipinski definition) is 2. The number of rotatable bonds is 11. The van der Waals surface area contributed by atoms with Crippen molar-refractivity contribution in [2.45, 2.75) is 104 Å². The fourth-order valence-electron chi connectivity index (χ4n) is 4.28. The Morgan fingerprint density at radius 1 is 1.00 bits per heavy atom. The van der Waals surface area contributed by atoms with E-state index in [1.54, 1.807) is 0 Å². The van der Waals surface area contributed by atoms with Crippen molar-refractivity contribution in [3.8, 4) is 11.5 Å². The molecule has 29 heavy (non-hydrogen) atoms. The molecule has 1 aromatic carbocycles. The fourth-order valence-corrected chi connectivity index (χ4v) is 4.58. The molecule has 1 atom stereocenters. The van der Waals surface area contributed by atoms with Crippen LogP contribution in [0.2, 0.25) is 0 Å². The van der Waals surface area contributed by atoms with E-state index in [1.165, 1.54) is 44.9 Å². The normalized spacial score (nSPS) is 19.0. The van der Waals surface area contributed by atoms with Crippen molar-refractivity contribution >= 4 is 7.60 Å². The van der Waals surface area contributed by atoms with Gasteiger partial charge in [-0.25, -0.2) is 0 Å². The Bertz CT molecular complexity index is 740. The maximum atomic E-state index is 11.2. The van der Waals surface area contributed by atoms with Gasteiger partial charge in [0.25, 0.3) is 0 Å². The van der Waals surface area contributed by atoms with Crippen LogP contribution in [0.1, 0.15) is 93.9 Å². The molecule has 166 valence electrons. The quantitative estimate of drug-likeness (QED) is 0.318. The molecule has 0 radical (unpaired) electrons. The van der Waals surface area contributed by atoms with E-state index in [0.29, 0.717) is 5.75 Å². The summed E-state index contributed by atoms with van der Waals surface area (Å²) in [5.74, 6) is 1.53. The molecule has 0 bridgehead atoms. The predicted octanol–water partition coefficient (Wildman–Crippen LogP) is 6.35. The largest absolute Gasteiger partial charge is 0.487 e. The molecule has 0 amide bonds. The summed E-state index contributed by atoms with van der Waals surface area (Å²) in [7, 11) is -4.21. The molecule has 0 aliphatic carbocycles. The summed E-state index contributed by atoms with van der Waals surface area (Å²) in [5, 5.41) is 0. The van der Waals surface area contributed by atoms with Gasteiger partial charge in [0, 0.05) is 5.56 Å². The summed E-state index contributed by atoms with van der Waals surface area (Å²) in [6, 6.07) is 0. The van der Waals surface area contributed by atoms with E-state index in [0.717, 1.165) is 47.3 Å². The van der Waals surface area contributed by atoms with E-state index in [9.17, 15) is 4.57 Å². The standard InChI is InChI=1S/C23H39O5P/c1-6-7-8-9-10-11-12-14-23(5)15-13-20-19(4)21(27-16-29(24,25)26)17(2)18(3)22(20)28-23/h6-16H2,1-5H3,(H2,24,25,26). The van der Waals surface area contributed by atoms with Crippen molar-refractivity contribution < 1.29 is 23.8 Å². The zero-order valence-corrected chi connectivity index (χ0v) is 19.7. The topological polar surface area (TPSA) is 76.0 Å². The summed E-state index contributed by atoms with van der Waals surface area (Å²) in [6.45, 7) is 10.4. The van der Waals surface area contributed by atoms with Crippen LogP contribution >= 0.6 is 7.60 Å². The summed E-state index contributed by atoms with van der Waals surface area (Å²) in [4.78, 5) is 18.3. The van der Waals surface area contributed by atoms with Gasteiger partial charge in [-0.2, -0.15) is 0 Å². The average Bonchev–Trinajstić information content (AvgIpc) is 2.64. The van der Waals surface area contributed by atoms with Crippen LogP contribution in [-0.2, 0) is 11.0 Å². The Morgan fingerprint density at radius 3 is 2.24 bits per heavy atom. The monoisotopic (exact) mass is 426 g/mol. The van der Waals surface area contributed by atoms with Crippen LogP contribution in [0, 0.1) is 20.8 Å². The molecule has 0 spiro atoms. The van der Waals surface area contributed by atoms with Gasteiger partial charge in [0.1, 0.15) is 17.1 Å². The lowest BCUT2D eigenvalue weighted by Crippen LogP contribution is -2.37. The minimum atomic E-state index is -4.21. The Kier molecular flexibility index (Phi) is 8.63. The molecule has 0 saturated carbocycles. The van der Waals surface area contributed by atoms with Crippen LogP contribution in [0.15, 0.2) is 0 Å². The molecule has 1 aliphatic heterocycles. The van der Waals surface area contributed by atoms with Gasteiger partial charge in [0.2, 0.25) is 0 Å². The Morgan fingerprint density at radius 2 is 1.62 bits per heavy atom. The van der Waals surface area contributed by atoms with Crippen LogP contribution in [-0.4, -0.2) is 21.7 Å². The maximum Gasteiger partial charge on any atom is 0.362 e. The van der Waals surface area contributed by atoms with Crippen molar-refractivity contribution in [3.05, 3.63) is 22.3 Å². The molecule has 1 aliphatic rings. The molecule has 2 rings (SSSR count). The average molecular weight is 427 g/mol. The molecule has 5 nitrogen and oxygen atoms in total. The summed E-state index contributed by atoms with van der Waals surface area (Å²) < 4.78 is 23.3. The van der Waals surface area contributed by atoms with Gasteiger partial charge in [-0.15, -0.1) is 0 Å². The molecule has 6 heteroatoms. The lowest BCUT2D eigenvalue weighted by molar-refractivity contribution is 0.0521. The Balaban J connectivity index is 2.04. The van der Waals surface area contributed by atoms with E-state index in [2.05, 4.69) is 13.8 Å². The lowest BCUT2D eigenvalue weighted by Gasteiger charge is -2.38. The molecule has 0 saturated heterocycles. The highest BCUT2D eigenvalue weighted by Crippen LogP contribution is 2.46. The molecule has 1 heterocycles. The number of benzene rings is 1. The first kappa shape index (κ1) is 24.2. The van der Waals surface area contributed by atoms with E-state index < -0.39 is 13.9 Å². The smallest absolute Gasteiger partial charge is 0.362 e. The Hall–Kier alpha value is -1.03. The SMILES string of the molecule is CCCCCCCCCC1(C)CCc2c(C)c(OCP(=O)(O)O)c(C)c(C)c2O1. The first-order valence-electron chi connectivity index (χ1n) is 11.1. The van der Waals surface area contributed by atoms with E-state index in [-0.39, 0.29) is 5.60 Å². The first-order chi connectivity index (χ1) is 13.6. The molecular weight excluding hydrogens is 387 g/mol. The van der Waals surface area contributed by atoms with Crippen molar-refractivity contribution in [3.63, 3.8) is 0 Å². The third-order valence-electron chi connectivity index (χ3n) is 6.25. The van der Waals surface area contributed by atoms with Gasteiger partial charge in [-0.3, -0.25) is 4.57 Å². The van der Waals surface area contributed by atoms with Crippen molar-refractivity contribution in [2.24, 2.45) is 0 Å². The van der Waals surface area contributed by atoms with Crippen molar-refractivity contribution in [1.82, 2.24) is 0 Å². The van der Waals surface area contributed by atoms with Crippen molar-refractivity contribution in [1.29, 1.82) is 0 Å². The fraction of sp³-hybridized carbons (Fsp3) is 0.739. The number of unbranched alkanes of at least 4 members (excludes halogenated alkanes) is 6. The summed E-state index contributed by atoms with van der Waals surface area (Å²) >= 11 is 0. The zero-order chi connectivity index (χ0) is 21.7. The van der Waals surface area contributed by atoms with Crippen LogP contribution < -0.4 is 9.47 Å². The molecule has 1 aromatic rings. The first-order valence-corrected chi connectivity index (χ1v) is 12.9. The molecule has 0 aromatic heterocycles. The Labute approximate surface area is 176 Å². The lowest BCUT2D eigenvalue weighted by atomic mass is 9.84. The molecule has 0 fully saturated rings. The second-order valence-electron chi connectivity index (χ2n) is 8.87. The third-order valence-corrected chi connectivity index (χ3v) is 6.72. The minimum Gasteiger partial charge on any atom is -0.487 e. The molecule has 2 N–H and O–H groups in total. The van der Waals surface area contributed by atoms with Gasteiger partial charge in [0.15, 0.2) is 6.35 Å². The van der Waals surface area contributed by atoms with Gasteiger partial charge < -0.3 is 19.3 Å². The highest BCUT2D eigenvalue weighted by molar-refractivity contribution is 7.51. The predicted molar refractivity (Wildman–Crippen MR) is 118 cm³/mol. The van der Waals surface area contributed by atoms with Gasteiger partial charge in [0.05, 0.1) is 0 Å². The second kappa shape index (κ2) is 10.3. The van der Waals surface area contributed by atoms with E-state index in [4.69, 9.17) is 19.3 Å². The molecule has 1 unspecified atom stereocenters. The number of fused-ring (bicyclic) bond motifs is 1. The van der Waals surface area contributed by atoms with Crippen LogP contribution in [0.5, 0.6) is 11.5 Å². The van der Waals surface area contributed by atoms with Gasteiger partial charge >= 0.3 is 7.60 Å². The zero-order valence-electron chi connectivity index (χ0n) is 18.8.